The van der Waals surface area contributed by atoms with Crippen LogP contribution in [0.4, 0.5) is 19.0 Å². The SMILES string of the molecule is FC(F)(F)c1nnc2ccc(NCCc3nccn3Cc3ccccc3)nn12. The van der Waals surface area contributed by atoms with Crippen LogP contribution >= 0.6 is 0 Å². The smallest absolute Gasteiger partial charge is 0.368 e. The predicted molar refractivity (Wildman–Crippen MR) is 95.7 cm³/mol. The Bertz CT molecular complexity index is 1070. The number of benzene rings is 1. The van der Waals surface area contributed by atoms with Crippen LogP contribution in [0.2, 0.25) is 0 Å². The summed E-state index contributed by atoms with van der Waals surface area (Å²) in [6.45, 7) is 1.17. The molecule has 0 aliphatic heterocycles. The van der Waals surface area contributed by atoms with Gasteiger partial charge < -0.3 is 9.88 Å². The standard InChI is InChI=1S/C18H16F3N7/c19-18(20,21)17-25-24-16-7-6-14(26-28(16)17)22-9-8-15-23-10-11-27(15)12-13-4-2-1-3-5-13/h1-7,10-11H,8-9,12H2,(H,22,26). The minimum Gasteiger partial charge on any atom is -0.368 e. The number of hydrogen-bond donors (Lipinski definition) is 1. The lowest BCUT2D eigenvalue weighted by molar-refractivity contribution is -0.146. The molecule has 28 heavy (non-hydrogen) atoms. The monoisotopic (exact) mass is 387 g/mol. The van der Waals surface area contributed by atoms with Gasteiger partial charge in [0.2, 0.25) is 0 Å². The van der Waals surface area contributed by atoms with E-state index in [1.54, 1.807) is 12.3 Å². The lowest BCUT2D eigenvalue weighted by Crippen LogP contribution is -2.15. The third kappa shape index (κ3) is 3.80. The molecule has 0 unspecified atom stereocenters. The van der Waals surface area contributed by atoms with Crippen LogP contribution in [0, 0.1) is 0 Å². The van der Waals surface area contributed by atoms with Gasteiger partial charge in [-0.15, -0.1) is 15.3 Å². The van der Waals surface area contributed by atoms with Crippen LogP contribution in [0.5, 0.6) is 0 Å². The Morgan fingerprint density at radius 3 is 2.61 bits per heavy atom. The van der Waals surface area contributed by atoms with Crippen LogP contribution in [-0.4, -0.2) is 35.9 Å². The number of halogens is 3. The number of imidazole rings is 1. The molecule has 0 aliphatic carbocycles. The molecule has 4 aromatic rings. The second kappa shape index (κ2) is 7.29. The Morgan fingerprint density at radius 1 is 1.00 bits per heavy atom. The maximum atomic E-state index is 12.9. The Labute approximate surface area is 157 Å². The lowest BCUT2D eigenvalue weighted by atomic mass is 10.2. The average Bonchev–Trinajstić information content (AvgIpc) is 3.29. The molecule has 4 rings (SSSR count). The van der Waals surface area contributed by atoms with Crippen LogP contribution in [0.3, 0.4) is 0 Å². The Hall–Kier alpha value is -3.43. The van der Waals surface area contributed by atoms with E-state index in [2.05, 4.69) is 25.6 Å². The molecule has 0 saturated heterocycles. The van der Waals surface area contributed by atoms with Gasteiger partial charge in [-0.2, -0.15) is 17.7 Å². The first-order valence-electron chi connectivity index (χ1n) is 8.58. The van der Waals surface area contributed by atoms with E-state index in [0.717, 1.165) is 11.4 Å². The molecular formula is C18H16F3N7. The second-order valence-electron chi connectivity index (χ2n) is 6.14. The number of hydrogen-bond acceptors (Lipinski definition) is 5. The predicted octanol–water partition coefficient (Wildman–Crippen LogP) is 3.04. The fourth-order valence-electron chi connectivity index (χ4n) is 2.85. The van der Waals surface area contributed by atoms with E-state index in [1.165, 1.54) is 6.07 Å². The highest BCUT2D eigenvalue weighted by Gasteiger charge is 2.37. The maximum absolute atomic E-state index is 12.9. The first kappa shape index (κ1) is 18.0. The van der Waals surface area contributed by atoms with E-state index < -0.39 is 12.0 Å². The molecular weight excluding hydrogens is 371 g/mol. The zero-order valence-electron chi connectivity index (χ0n) is 14.6. The minimum atomic E-state index is -4.62. The summed E-state index contributed by atoms with van der Waals surface area (Å²) in [5.41, 5.74) is 1.20. The van der Waals surface area contributed by atoms with Crippen molar-refractivity contribution in [2.45, 2.75) is 19.1 Å². The van der Waals surface area contributed by atoms with Crippen LogP contribution < -0.4 is 5.32 Å². The number of nitrogens with zero attached hydrogens (tertiary/aromatic N) is 6. The quantitative estimate of drug-likeness (QED) is 0.551. The molecule has 1 aromatic carbocycles. The Balaban J connectivity index is 1.43. The number of rotatable bonds is 6. The van der Waals surface area contributed by atoms with Gasteiger partial charge in [0.1, 0.15) is 11.6 Å². The van der Waals surface area contributed by atoms with Crippen LogP contribution in [0.1, 0.15) is 17.2 Å². The summed E-state index contributed by atoms with van der Waals surface area (Å²) >= 11 is 0. The van der Waals surface area contributed by atoms with Crippen molar-refractivity contribution in [2.24, 2.45) is 0 Å². The molecule has 0 aliphatic rings. The van der Waals surface area contributed by atoms with E-state index in [-0.39, 0.29) is 5.65 Å². The fourth-order valence-corrected chi connectivity index (χ4v) is 2.85. The fraction of sp³-hybridized carbons (Fsp3) is 0.222. The third-order valence-electron chi connectivity index (χ3n) is 4.17. The van der Waals surface area contributed by atoms with E-state index in [9.17, 15) is 13.2 Å². The largest absolute Gasteiger partial charge is 0.453 e. The van der Waals surface area contributed by atoms with Crippen molar-refractivity contribution in [1.29, 1.82) is 0 Å². The van der Waals surface area contributed by atoms with Crippen molar-refractivity contribution in [3.63, 3.8) is 0 Å². The van der Waals surface area contributed by atoms with Crippen LogP contribution in [0.25, 0.3) is 5.65 Å². The number of aromatic nitrogens is 6. The summed E-state index contributed by atoms with van der Waals surface area (Å²) in [7, 11) is 0. The van der Waals surface area contributed by atoms with Crippen LogP contribution in [-0.2, 0) is 19.1 Å². The zero-order valence-corrected chi connectivity index (χ0v) is 14.6. The molecule has 0 spiro atoms. The van der Waals surface area contributed by atoms with Gasteiger partial charge >= 0.3 is 6.18 Å². The van der Waals surface area contributed by atoms with Gasteiger partial charge in [-0.1, -0.05) is 30.3 Å². The summed E-state index contributed by atoms with van der Waals surface area (Å²) in [6.07, 6.45) is -0.393. The normalized spacial score (nSPS) is 11.8. The van der Waals surface area contributed by atoms with Crippen molar-refractivity contribution >= 4 is 11.5 Å². The molecule has 10 heteroatoms. The van der Waals surface area contributed by atoms with Gasteiger partial charge in [-0.25, -0.2) is 4.98 Å². The molecule has 1 N–H and O–H groups in total. The van der Waals surface area contributed by atoms with Gasteiger partial charge in [0.15, 0.2) is 5.65 Å². The average molecular weight is 387 g/mol. The molecule has 0 bridgehead atoms. The molecule has 7 nitrogen and oxygen atoms in total. The first-order chi connectivity index (χ1) is 13.5. The van der Waals surface area contributed by atoms with Crippen molar-refractivity contribution in [3.05, 3.63) is 72.1 Å². The highest BCUT2D eigenvalue weighted by molar-refractivity contribution is 5.44. The first-order valence-corrected chi connectivity index (χ1v) is 8.58. The second-order valence-corrected chi connectivity index (χ2v) is 6.14. The van der Waals surface area contributed by atoms with Crippen molar-refractivity contribution in [2.75, 3.05) is 11.9 Å². The number of anilines is 1. The third-order valence-corrected chi connectivity index (χ3v) is 4.17. The van der Waals surface area contributed by atoms with Gasteiger partial charge in [0.25, 0.3) is 5.82 Å². The van der Waals surface area contributed by atoms with Gasteiger partial charge in [-0.3, -0.25) is 0 Å². The van der Waals surface area contributed by atoms with E-state index >= 15 is 0 Å². The molecule has 3 aromatic heterocycles. The number of fused-ring (bicyclic) bond motifs is 1. The molecule has 0 fully saturated rings. The van der Waals surface area contributed by atoms with Gasteiger partial charge in [0, 0.05) is 31.9 Å². The van der Waals surface area contributed by atoms with E-state index in [4.69, 9.17) is 0 Å². The van der Waals surface area contributed by atoms with E-state index in [1.807, 2.05) is 41.1 Å². The summed E-state index contributed by atoms with van der Waals surface area (Å²) in [4.78, 5) is 4.36. The highest BCUT2D eigenvalue weighted by Crippen LogP contribution is 2.27. The number of nitrogens with one attached hydrogen (secondary N) is 1. The molecule has 0 amide bonds. The molecule has 0 atom stereocenters. The van der Waals surface area contributed by atoms with Crippen molar-refractivity contribution < 1.29 is 13.2 Å². The minimum absolute atomic E-state index is 0.0382. The summed E-state index contributed by atoms with van der Waals surface area (Å²) < 4.78 is 41.6. The summed E-state index contributed by atoms with van der Waals surface area (Å²) in [5, 5.41) is 13.6. The lowest BCUT2D eigenvalue weighted by Gasteiger charge is -2.10. The number of alkyl halides is 3. The Morgan fingerprint density at radius 2 is 1.82 bits per heavy atom. The highest BCUT2D eigenvalue weighted by atomic mass is 19.4. The maximum Gasteiger partial charge on any atom is 0.453 e. The molecule has 0 radical (unpaired) electrons. The van der Waals surface area contributed by atoms with Gasteiger partial charge in [0.05, 0.1) is 0 Å². The Kier molecular flexibility index (Phi) is 4.68. The van der Waals surface area contributed by atoms with Gasteiger partial charge in [-0.05, 0) is 17.7 Å². The van der Waals surface area contributed by atoms with Crippen molar-refractivity contribution in [1.82, 2.24) is 29.4 Å². The summed E-state index contributed by atoms with van der Waals surface area (Å²) in [5.74, 6) is 0.0289. The summed E-state index contributed by atoms with van der Waals surface area (Å²) in [6, 6.07) is 13.0. The van der Waals surface area contributed by atoms with Crippen molar-refractivity contribution in [3.8, 4) is 0 Å². The van der Waals surface area contributed by atoms with E-state index in [0.29, 0.717) is 29.8 Å². The molecule has 144 valence electrons. The molecule has 0 saturated carbocycles. The van der Waals surface area contributed by atoms with Crippen LogP contribution in [0.15, 0.2) is 54.9 Å². The topological polar surface area (TPSA) is 72.9 Å². The molecule has 3 heterocycles. The zero-order chi connectivity index (χ0) is 19.6.